The predicted octanol–water partition coefficient (Wildman–Crippen LogP) is 1.59. The van der Waals surface area contributed by atoms with E-state index in [2.05, 4.69) is 0 Å². The molecular formula is C13H13NO3. The molecule has 0 atom stereocenters. The van der Waals surface area contributed by atoms with Gasteiger partial charge in [0.15, 0.2) is 5.78 Å². The Labute approximate surface area is 99.2 Å². The Hall–Kier alpha value is -1.97. The van der Waals surface area contributed by atoms with Crippen LogP contribution < -0.4 is 4.90 Å². The fourth-order valence-electron chi connectivity index (χ4n) is 1.88. The van der Waals surface area contributed by atoms with Gasteiger partial charge in [0, 0.05) is 24.2 Å². The van der Waals surface area contributed by atoms with E-state index in [9.17, 15) is 14.4 Å². The Bertz CT molecular complexity index is 493. The monoisotopic (exact) mass is 231 g/mol. The van der Waals surface area contributed by atoms with Gasteiger partial charge in [0.05, 0.1) is 6.42 Å². The lowest BCUT2D eigenvalue weighted by atomic mass is 10.1. The van der Waals surface area contributed by atoms with E-state index in [4.69, 9.17) is 0 Å². The predicted molar refractivity (Wildman–Crippen MR) is 63.0 cm³/mol. The lowest BCUT2D eigenvalue weighted by molar-refractivity contribution is -0.128. The number of Topliss-reactive ketones (excluding diaryl/α,β-unsaturated/α-hetero) is 2. The molecule has 2 rings (SSSR count). The van der Waals surface area contributed by atoms with Gasteiger partial charge in [-0.05, 0) is 19.1 Å². The van der Waals surface area contributed by atoms with E-state index in [1.54, 1.807) is 29.2 Å². The van der Waals surface area contributed by atoms with Crippen LogP contribution in [0.1, 0.15) is 30.1 Å². The summed E-state index contributed by atoms with van der Waals surface area (Å²) in [4.78, 5) is 35.7. The zero-order chi connectivity index (χ0) is 12.4. The van der Waals surface area contributed by atoms with Crippen LogP contribution in [-0.2, 0) is 9.59 Å². The van der Waals surface area contributed by atoms with E-state index in [-0.39, 0.29) is 23.9 Å². The summed E-state index contributed by atoms with van der Waals surface area (Å²) in [7, 11) is 0. The first-order valence-corrected chi connectivity index (χ1v) is 5.51. The van der Waals surface area contributed by atoms with Gasteiger partial charge >= 0.3 is 0 Å². The minimum Gasteiger partial charge on any atom is -0.312 e. The van der Waals surface area contributed by atoms with Crippen LogP contribution in [0, 0.1) is 0 Å². The van der Waals surface area contributed by atoms with Crippen molar-refractivity contribution in [1.82, 2.24) is 0 Å². The van der Waals surface area contributed by atoms with Crippen LogP contribution in [0.2, 0.25) is 0 Å². The summed E-state index contributed by atoms with van der Waals surface area (Å²) in [6.07, 6.45) is 0.348. The first-order valence-electron chi connectivity index (χ1n) is 5.51. The van der Waals surface area contributed by atoms with Crippen molar-refractivity contribution in [2.45, 2.75) is 19.8 Å². The average molecular weight is 231 g/mol. The third-order valence-electron chi connectivity index (χ3n) is 2.83. The van der Waals surface area contributed by atoms with Crippen LogP contribution in [0.25, 0.3) is 0 Å². The molecule has 17 heavy (non-hydrogen) atoms. The summed E-state index contributed by atoms with van der Waals surface area (Å²) in [6.45, 7) is 1.89. The van der Waals surface area contributed by atoms with Gasteiger partial charge in [-0.15, -0.1) is 0 Å². The Kier molecular flexibility index (Phi) is 3.04. The highest BCUT2D eigenvalue weighted by Crippen LogP contribution is 2.20. The van der Waals surface area contributed by atoms with Gasteiger partial charge in [-0.1, -0.05) is 12.1 Å². The molecule has 1 aromatic carbocycles. The van der Waals surface area contributed by atoms with E-state index < -0.39 is 0 Å². The van der Waals surface area contributed by atoms with Crippen LogP contribution in [0.15, 0.2) is 24.3 Å². The van der Waals surface area contributed by atoms with Crippen LogP contribution in [-0.4, -0.2) is 24.0 Å². The first-order chi connectivity index (χ1) is 8.08. The first kappa shape index (κ1) is 11.5. The molecule has 1 aliphatic heterocycles. The summed E-state index contributed by atoms with van der Waals surface area (Å²) < 4.78 is 0. The molecule has 1 heterocycles. The highest BCUT2D eigenvalue weighted by Gasteiger charge is 2.24. The minimum atomic E-state index is -0.193. The van der Waals surface area contributed by atoms with Crippen LogP contribution in [0.5, 0.6) is 0 Å². The maximum absolute atomic E-state index is 11.7. The number of rotatable bonds is 2. The fourth-order valence-corrected chi connectivity index (χ4v) is 1.88. The topological polar surface area (TPSA) is 54.5 Å². The van der Waals surface area contributed by atoms with Crippen molar-refractivity contribution >= 4 is 23.2 Å². The molecule has 1 saturated heterocycles. The molecule has 0 N–H and O–H groups in total. The molecule has 0 radical (unpaired) electrons. The smallest absolute Gasteiger partial charge is 0.234 e. The lowest BCUT2D eigenvalue weighted by Crippen LogP contribution is -2.39. The molecular weight excluding hydrogens is 218 g/mol. The Balaban J connectivity index is 2.28. The SMILES string of the molecule is CC(=O)c1cccc(N2CCC(=O)CC2=O)c1. The number of carbonyl (C=O) groups is 3. The van der Waals surface area contributed by atoms with E-state index in [1.807, 2.05) is 0 Å². The third-order valence-corrected chi connectivity index (χ3v) is 2.83. The van der Waals surface area contributed by atoms with Gasteiger partial charge in [-0.2, -0.15) is 0 Å². The van der Waals surface area contributed by atoms with Crippen molar-refractivity contribution in [3.05, 3.63) is 29.8 Å². The van der Waals surface area contributed by atoms with E-state index >= 15 is 0 Å². The Morgan fingerprint density at radius 2 is 2.06 bits per heavy atom. The number of nitrogens with zero attached hydrogens (tertiary/aromatic N) is 1. The molecule has 1 amide bonds. The zero-order valence-electron chi connectivity index (χ0n) is 9.60. The maximum Gasteiger partial charge on any atom is 0.234 e. The number of anilines is 1. The number of ketones is 2. The Morgan fingerprint density at radius 3 is 2.71 bits per heavy atom. The fraction of sp³-hybridized carbons (Fsp3) is 0.308. The normalized spacial score (nSPS) is 16.2. The van der Waals surface area contributed by atoms with Gasteiger partial charge < -0.3 is 4.90 Å². The highest BCUT2D eigenvalue weighted by molar-refractivity contribution is 6.09. The third kappa shape index (κ3) is 2.41. The van der Waals surface area contributed by atoms with Crippen molar-refractivity contribution in [2.24, 2.45) is 0 Å². The Morgan fingerprint density at radius 1 is 1.29 bits per heavy atom. The molecule has 0 aromatic heterocycles. The van der Waals surface area contributed by atoms with E-state index in [0.717, 1.165) is 0 Å². The number of benzene rings is 1. The number of amides is 1. The molecule has 0 bridgehead atoms. The van der Waals surface area contributed by atoms with Gasteiger partial charge in [0.2, 0.25) is 5.91 Å². The average Bonchev–Trinajstić information content (AvgIpc) is 2.29. The number of carbonyl (C=O) groups excluding carboxylic acids is 3. The summed E-state index contributed by atoms with van der Waals surface area (Å²) >= 11 is 0. The molecule has 1 aromatic rings. The van der Waals surface area contributed by atoms with Crippen LogP contribution in [0.3, 0.4) is 0 Å². The second-order valence-corrected chi connectivity index (χ2v) is 4.12. The summed E-state index contributed by atoms with van der Waals surface area (Å²) in [5.74, 6) is -0.247. The van der Waals surface area contributed by atoms with Gasteiger partial charge in [-0.25, -0.2) is 0 Å². The standard InChI is InChI=1S/C13H13NO3/c1-9(15)10-3-2-4-11(7-10)14-6-5-12(16)8-13(14)17/h2-4,7H,5-6,8H2,1H3. The number of hydrogen-bond acceptors (Lipinski definition) is 3. The van der Waals surface area contributed by atoms with E-state index in [0.29, 0.717) is 24.2 Å². The van der Waals surface area contributed by atoms with Gasteiger partial charge in [0.1, 0.15) is 5.78 Å². The van der Waals surface area contributed by atoms with Gasteiger partial charge in [-0.3, -0.25) is 14.4 Å². The number of piperidine rings is 1. The molecule has 88 valence electrons. The lowest BCUT2D eigenvalue weighted by Gasteiger charge is -2.26. The zero-order valence-corrected chi connectivity index (χ0v) is 9.60. The van der Waals surface area contributed by atoms with Crippen LogP contribution in [0.4, 0.5) is 5.69 Å². The highest BCUT2D eigenvalue weighted by atomic mass is 16.2. The van der Waals surface area contributed by atoms with Crippen LogP contribution >= 0.6 is 0 Å². The van der Waals surface area contributed by atoms with Crippen molar-refractivity contribution < 1.29 is 14.4 Å². The second kappa shape index (κ2) is 4.49. The summed E-state index contributed by atoms with van der Waals surface area (Å²) in [5, 5.41) is 0. The second-order valence-electron chi connectivity index (χ2n) is 4.12. The minimum absolute atomic E-state index is 0.0195. The molecule has 4 nitrogen and oxygen atoms in total. The van der Waals surface area contributed by atoms with Crippen molar-refractivity contribution in [3.8, 4) is 0 Å². The summed E-state index contributed by atoms with van der Waals surface area (Å²) in [5.41, 5.74) is 1.27. The maximum atomic E-state index is 11.7. The number of hydrogen-bond donors (Lipinski definition) is 0. The van der Waals surface area contributed by atoms with Crippen molar-refractivity contribution in [1.29, 1.82) is 0 Å². The molecule has 0 saturated carbocycles. The molecule has 0 spiro atoms. The molecule has 0 aliphatic carbocycles. The summed E-state index contributed by atoms with van der Waals surface area (Å²) in [6, 6.07) is 6.93. The van der Waals surface area contributed by atoms with Gasteiger partial charge in [0.25, 0.3) is 0 Å². The molecule has 1 aliphatic rings. The molecule has 0 unspecified atom stereocenters. The van der Waals surface area contributed by atoms with Crippen molar-refractivity contribution in [3.63, 3.8) is 0 Å². The van der Waals surface area contributed by atoms with Crippen molar-refractivity contribution in [2.75, 3.05) is 11.4 Å². The quantitative estimate of drug-likeness (QED) is 0.573. The molecule has 1 fully saturated rings. The molecule has 4 heteroatoms. The largest absolute Gasteiger partial charge is 0.312 e. The van der Waals surface area contributed by atoms with E-state index in [1.165, 1.54) is 6.92 Å².